The summed E-state index contributed by atoms with van der Waals surface area (Å²) in [5, 5.41) is 0. The Balaban J connectivity index is 0.000000804. The molecule has 55 heavy (non-hydrogen) atoms. The van der Waals surface area contributed by atoms with Crippen LogP contribution >= 0.6 is 0 Å². The van der Waals surface area contributed by atoms with E-state index < -0.39 is 119 Å². The van der Waals surface area contributed by atoms with Gasteiger partial charge >= 0.3 is 78.6 Å². The summed E-state index contributed by atoms with van der Waals surface area (Å²) in [7, 11) is 0. The second-order valence-electron chi connectivity index (χ2n) is 10.3. The lowest BCUT2D eigenvalue weighted by molar-refractivity contribution is -0.656. The molecule has 0 bridgehead atoms. The number of hydrogen-bond acceptors (Lipinski definition) is 10. The molecule has 2 aliphatic rings. The molecule has 0 N–H and O–H groups in total. The highest BCUT2D eigenvalue weighted by atomic mass is 19.3. The van der Waals surface area contributed by atoms with Gasteiger partial charge in [0.05, 0.1) is 0 Å². The number of halogens is 20. The second-order valence-corrected chi connectivity index (χ2v) is 10.3. The molecule has 0 aliphatic carbocycles. The first kappa shape index (κ1) is 51.8. The monoisotopic (exact) mass is 864 g/mol. The molecule has 0 unspecified atom stereocenters. The predicted octanol–water partition coefficient (Wildman–Crippen LogP) is 7.58. The van der Waals surface area contributed by atoms with Crippen LogP contribution in [0.2, 0.25) is 0 Å². The molecule has 0 aromatic rings. The van der Waals surface area contributed by atoms with Gasteiger partial charge < -0.3 is 18.9 Å². The zero-order valence-electron chi connectivity index (χ0n) is 27.0. The van der Waals surface area contributed by atoms with Crippen molar-refractivity contribution >= 4 is 11.9 Å². The summed E-state index contributed by atoms with van der Waals surface area (Å²) in [6, 6.07) is 0. The maximum Gasteiger partial charge on any atom is 0.391 e. The Morgan fingerprint density at radius 2 is 0.745 bits per heavy atom. The Bertz CT molecular complexity index is 1190. The molecule has 2 saturated heterocycles. The van der Waals surface area contributed by atoms with Crippen molar-refractivity contribution in [3.05, 3.63) is 24.3 Å². The maximum absolute atomic E-state index is 13.3. The molecule has 0 saturated carbocycles. The molecule has 1 spiro atoms. The standard InChI is InChI=1S/2C9H11F5O3.C7H2F10O4/c2*1-6(2)7(15)17-4-9(13,14)8(11,12)3-16-5-10;8-1-18-4(10,11)3(5(12,13)19-1)6(14,15)20-2(9)21-7(3,16)17/h2*1,3-5H2,2H3;1-2H. The van der Waals surface area contributed by atoms with Gasteiger partial charge in [0.2, 0.25) is 0 Å². The number of carbonyl (C=O) groups excluding carboxylic acids is 2. The van der Waals surface area contributed by atoms with Crippen molar-refractivity contribution in [3.8, 4) is 0 Å². The Hall–Kier alpha value is -3.22. The molecular weight excluding hydrogens is 840 g/mol. The average Bonchev–Trinajstić information content (AvgIpc) is 2.97. The van der Waals surface area contributed by atoms with Crippen molar-refractivity contribution in [1.29, 1.82) is 0 Å². The first-order valence-corrected chi connectivity index (χ1v) is 13.4. The van der Waals surface area contributed by atoms with Crippen molar-refractivity contribution in [1.82, 2.24) is 0 Å². The molecule has 0 aromatic heterocycles. The Kier molecular flexibility index (Phi) is 17.3. The van der Waals surface area contributed by atoms with Crippen molar-refractivity contribution in [2.45, 2.75) is 75.1 Å². The summed E-state index contributed by atoms with van der Waals surface area (Å²) in [6.45, 7) is -10.0. The van der Waals surface area contributed by atoms with Gasteiger partial charge in [-0.25, -0.2) is 18.4 Å². The number of hydrogen-bond donors (Lipinski definition) is 0. The summed E-state index contributed by atoms with van der Waals surface area (Å²) < 4.78 is 283. The average molecular weight is 864 g/mol. The molecular formula is C25H24F20O10. The van der Waals surface area contributed by atoms with E-state index in [2.05, 4.69) is 51.1 Å². The third-order valence-electron chi connectivity index (χ3n) is 5.97. The van der Waals surface area contributed by atoms with Crippen LogP contribution in [0.25, 0.3) is 0 Å². The highest BCUT2D eigenvalue weighted by Crippen LogP contribution is 2.70. The van der Waals surface area contributed by atoms with Crippen molar-refractivity contribution in [2.75, 3.05) is 40.1 Å². The molecule has 2 heterocycles. The smallest absolute Gasteiger partial charge is 0.391 e. The van der Waals surface area contributed by atoms with Gasteiger partial charge in [0.25, 0.3) is 0 Å². The van der Waals surface area contributed by atoms with Crippen LogP contribution in [-0.4, -0.2) is 113 Å². The fourth-order valence-corrected chi connectivity index (χ4v) is 3.20. The van der Waals surface area contributed by atoms with Gasteiger partial charge in [-0.1, -0.05) is 13.2 Å². The molecule has 0 aromatic carbocycles. The van der Waals surface area contributed by atoms with Gasteiger partial charge in [0, 0.05) is 11.1 Å². The van der Waals surface area contributed by atoms with Crippen LogP contribution in [0.1, 0.15) is 13.8 Å². The zero-order chi connectivity index (χ0) is 43.9. The SMILES string of the molecule is C=C(C)C(=O)OCC(F)(F)C(F)(F)COCF.C=C(C)C(=O)OCC(F)(F)C(F)(F)COCF.FC1OC(F)(F)C2(C(F)(F)O1)C(F)(F)OC(F)OC2(F)F. The summed E-state index contributed by atoms with van der Waals surface area (Å²) in [5.74, 6) is -21.0. The Labute approximate surface area is 293 Å². The maximum atomic E-state index is 13.3. The van der Waals surface area contributed by atoms with E-state index in [1.54, 1.807) is 0 Å². The van der Waals surface area contributed by atoms with E-state index >= 15 is 0 Å². The molecule has 30 heteroatoms. The minimum atomic E-state index is -6.30. The topological polar surface area (TPSA) is 108 Å². The molecule has 2 rings (SSSR count). The van der Waals surface area contributed by atoms with E-state index in [-0.39, 0.29) is 11.1 Å². The molecule has 0 radical (unpaired) electrons. The fraction of sp³-hybridized carbons (Fsp3) is 0.760. The van der Waals surface area contributed by atoms with Crippen LogP contribution in [0.15, 0.2) is 24.3 Å². The van der Waals surface area contributed by atoms with Crippen LogP contribution in [0.3, 0.4) is 0 Å². The highest BCUT2D eigenvalue weighted by molar-refractivity contribution is 5.87. The van der Waals surface area contributed by atoms with E-state index in [4.69, 9.17) is 0 Å². The molecule has 2 aliphatic heterocycles. The lowest BCUT2D eigenvalue weighted by atomic mass is 9.80. The fourth-order valence-electron chi connectivity index (χ4n) is 3.20. The minimum absolute atomic E-state index is 0.205. The van der Waals surface area contributed by atoms with E-state index in [9.17, 15) is 97.4 Å². The quantitative estimate of drug-likeness (QED) is 0.0986. The minimum Gasteiger partial charge on any atom is -0.456 e. The van der Waals surface area contributed by atoms with E-state index in [1.165, 1.54) is 13.8 Å². The van der Waals surface area contributed by atoms with Gasteiger partial charge in [-0.15, -0.1) is 0 Å². The first-order chi connectivity index (χ1) is 24.5. The van der Waals surface area contributed by atoms with E-state index in [0.717, 1.165) is 0 Å². The zero-order valence-corrected chi connectivity index (χ0v) is 27.0. The van der Waals surface area contributed by atoms with E-state index in [0.29, 0.717) is 0 Å². The third-order valence-corrected chi connectivity index (χ3v) is 5.97. The van der Waals surface area contributed by atoms with Crippen molar-refractivity contribution < 1.29 is 135 Å². The van der Waals surface area contributed by atoms with Gasteiger partial charge in [0.1, 0.15) is 13.2 Å². The van der Waals surface area contributed by atoms with Crippen LogP contribution in [0, 0.1) is 5.41 Å². The van der Waals surface area contributed by atoms with Gasteiger partial charge in [0.15, 0.2) is 26.9 Å². The molecule has 0 amide bonds. The highest BCUT2D eigenvalue weighted by Gasteiger charge is 2.98. The normalized spacial score (nSPS) is 24.3. The number of alkyl halides is 20. The Morgan fingerprint density at radius 3 is 0.945 bits per heavy atom. The largest absolute Gasteiger partial charge is 0.456 e. The number of esters is 2. The second kappa shape index (κ2) is 18.4. The lowest BCUT2D eigenvalue weighted by Gasteiger charge is -2.53. The first-order valence-electron chi connectivity index (χ1n) is 13.4. The van der Waals surface area contributed by atoms with Crippen molar-refractivity contribution in [3.63, 3.8) is 0 Å². The number of carbonyl (C=O) groups is 2. The molecule has 0 atom stereocenters. The van der Waals surface area contributed by atoms with Crippen LogP contribution in [0.4, 0.5) is 87.8 Å². The third kappa shape index (κ3) is 11.9. The summed E-state index contributed by atoms with van der Waals surface area (Å²) in [6.07, 6.45) is -25.1. The number of ether oxygens (including phenoxy) is 8. The molecule has 324 valence electrons. The van der Waals surface area contributed by atoms with Gasteiger partial charge in [-0.2, -0.15) is 79.0 Å². The molecule has 10 nitrogen and oxygen atoms in total. The summed E-state index contributed by atoms with van der Waals surface area (Å²) >= 11 is 0. The van der Waals surface area contributed by atoms with Crippen molar-refractivity contribution in [2.24, 2.45) is 5.41 Å². The van der Waals surface area contributed by atoms with Crippen LogP contribution in [-0.2, 0) is 47.5 Å². The lowest BCUT2D eigenvalue weighted by Crippen LogP contribution is -2.79. The van der Waals surface area contributed by atoms with Gasteiger partial charge in [-0.05, 0) is 13.8 Å². The molecule has 2 fully saturated rings. The van der Waals surface area contributed by atoms with E-state index in [1.807, 2.05) is 0 Å². The van der Waals surface area contributed by atoms with Crippen LogP contribution in [0.5, 0.6) is 0 Å². The number of rotatable bonds is 14. The van der Waals surface area contributed by atoms with Crippen LogP contribution < -0.4 is 0 Å². The predicted molar refractivity (Wildman–Crippen MR) is 132 cm³/mol. The van der Waals surface area contributed by atoms with Gasteiger partial charge in [-0.3, -0.25) is 18.9 Å². The Morgan fingerprint density at radius 1 is 0.527 bits per heavy atom. The summed E-state index contributed by atoms with van der Waals surface area (Å²) in [5.41, 5.74) is -6.71. The summed E-state index contributed by atoms with van der Waals surface area (Å²) in [4.78, 5) is 21.5.